The largest absolute Gasteiger partial charge is 0.369 e. The van der Waals surface area contributed by atoms with E-state index < -0.39 is 0 Å². The summed E-state index contributed by atoms with van der Waals surface area (Å²) in [4.78, 5) is 0. The van der Waals surface area contributed by atoms with E-state index in [9.17, 15) is 0 Å². The van der Waals surface area contributed by atoms with Gasteiger partial charge in [-0.25, -0.2) is 0 Å². The summed E-state index contributed by atoms with van der Waals surface area (Å²) in [5.74, 6) is 0.748. The van der Waals surface area contributed by atoms with Crippen LogP contribution in [0.25, 0.3) is 0 Å². The maximum absolute atomic E-state index is 6.28. The van der Waals surface area contributed by atoms with Crippen molar-refractivity contribution >= 4 is 0 Å². The molecule has 0 amide bonds. The van der Waals surface area contributed by atoms with Crippen molar-refractivity contribution in [1.82, 2.24) is 5.32 Å². The Labute approximate surface area is 87.4 Å². The molecule has 1 heterocycles. The van der Waals surface area contributed by atoms with E-state index in [2.05, 4.69) is 19.2 Å². The molecule has 0 bridgehead atoms. The van der Waals surface area contributed by atoms with Gasteiger partial charge in [0, 0.05) is 13.1 Å². The maximum atomic E-state index is 6.28. The van der Waals surface area contributed by atoms with Gasteiger partial charge in [0.2, 0.25) is 0 Å². The quantitative estimate of drug-likeness (QED) is 0.733. The molecule has 14 heavy (non-hydrogen) atoms. The Morgan fingerprint density at radius 3 is 2.71 bits per heavy atom. The molecule has 0 aromatic heterocycles. The maximum Gasteiger partial charge on any atom is 0.0810 e. The van der Waals surface area contributed by atoms with E-state index in [1.54, 1.807) is 0 Å². The average Bonchev–Trinajstić information content (AvgIpc) is 2.52. The van der Waals surface area contributed by atoms with E-state index in [1.807, 2.05) is 0 Å². The summed E-state index contributed by atoms with van der Waals surface area (Å²) in [5, 5.41) is 3.55. The lowest BCUT2D eigenvalue weighted by Crippen LogP contribution is -2.52. The van der Waals surface area contributed by atoms with Gasteiger partial charge in [0.25, 0.3) is 0 Å². The second kappa shape index (κ2) is 4.19. The lowest BCUT2D eigenvalue weighted by molar-refractivity contribution is -0.117. The van der Waals surface area contributed by atoms with Crippen LogP contribution < -0.4 is 5.32 Å². The number of morpholine rings is 1. The molecule has 1 saturated heterocycles. The fourth-order valence-electron chi connectivity index (χ4n) is 2.87. The minimum Gasteiger partial charge on any atom is -0.369 e. The zero-order valence-corrected chi connectivity index (χ0v) is 9.51. The highest BCUT2D eigenvalue weighted by molar-refractivity contribution is 4.93. The average molecular weight is 197 g/mol. The van der Waals surface area contributed by atoms with E-state index in [4.69, 9.17) is 4.74 Å². The second-order valence-electron chi connectivity index (χ2n) is 5.39. The summed E-state index contributed by atoms with van der Waals surface area (Å²) in [6.45, 7) is 6.69. The Morgan fingerprint density at radius 2 is 2.07 bits per heavy atom. The van der Waals surface area contributed by atoms with Gasteiger partial charge in [0.1, 0.15) is 0 Å². The van der Waals surface area contributed by atoms with Gasteiger partial charge < -0.3 is 10.1 Å². The molecule has 2 heteroatoms. The molecule has 0 aromatic carbocycles. The van der Waals surface area contributed by atoms with Crippen molar-refractivity contribution in [3.05, 3.63) is 0 Å². The van der Waals surface area contributed by atoms with Gasteiger partial charge in [0.05, 0.1) is 11.7 Å². The van der Waals surface area contributed by atoms with Crippen LogP contribution in [0.2, 0.25) is 0 Å². The van der Waals surface area contributed by atoms with E-state index in [1.165, 1.54) is 32.1 Å². The van der Waals surface area contributed by atoms with Crippen LogP contribution in [0.5, 0.6) is 0 Å². The van der Waals surface area contributed by atoms with Crippen LogP contribution in [-0.4, -0.2) is 24.8 Å². The van der Waals surface area contributed by atoms with E-state index >= 15 is 0 Å². The Hall–Kier alpha value is -0.0800. The lowest BCUT2D eigenvalue weighted by atomic mass is 9.97. The number of hydrogen-bond donors (Lipinski definition) is 1. The summed E-state index contributed by atoms with van der Waals surface area (Å²) in [5.41, 5.74) is 0.220. The lowest BCUT2D eigenvalue weighted by Gasteiger charge is -2.40. The highest BCUT2D eigenvalue weighted by Gasteiger charge is 2.39. The third kappa shape index (κ3) is 2.29. The van der Waals surface area contributed by atoms with Crippen LogP contribution in [0.15, 0.2) is 0 Å². The molecule has 1 atom stereocenters. The van der Waals surface area contributed by atoms with Gasteiger partial charge >= 0.3 is 0 Å². The van der Waals surface area contributed by atoms with Crippen molar-refractivity contribution in [3.8, 4) is 0 Å². The molecule has 0 aromatic rings. The van der Waals surface area contributed by atoms with Gasteiger partial charge in [-0.1, -0.05) is 26.7 Å². The van der Waals surface area contributed by atoms with Crippen LogP contribution in [0.4, 0.5) is 0 Å². The molecule has 1 N–H and O–H groups in total. The normalized spacial score (nSPS) is 31.5. The van der Waals surface area contributed by atoms with Crippen molar-refractivity contribution in [2.75, 3.05) is 13.1 Å². The summed E-state index contributed by atoms with van der Waals surface area (Å²) in [6.07, 6.45) is 6.92. The molecule has 1 aliphatic heterocycles. The van der Waals surface area contributed by atoms with Crippen LogP contribution in [-0.2, 0) is 4.74 Å². The third-order valence-electron chi connectivity index (χ3n) is 3.48. The summed E-state index contributed by atoms with van der Waals surface area (Å²) < 4.78 is 6.28. The summed E-state index contributed by atoms with van der Waals surface area (Å²) in [6, 6.07) is 0. The molecule has 0 radical (unpaired) electrons. The molecule has 1 unspecified atom stereocenters. The molecule has 2 fully saturated rings. The van der Waals surface area contributed by atoms with Gasteiger partial charge in [-0.05, 0) is 25.2 Å². The monoisotopic (exact) mass is 197 g/mol. The van der Waals surface area contributed by atoms with Crippen molar-refractivity contribution in [1.29, 1.82) is 0 Å². The first kappa shape index (κ1) is 10.4. The second-order valence-corrected chi connectivity index (χ2v) is 5.39. The molecular weight excluding hydrogens is 174 g/mol. The molecule has 1 aliphatic carbocycles. The molecule has 1 saturated carbocycles. The van der Waals surface area contributed by atoms with Crippen molar-refractivity contribution in [2.45, 2.75) is 57.7 Å². The number of rotatable bonds is 2. The number of hydrogen-bond acceptors (Lipinski definition) is 2. The summed E-state index contributed by atoms with van der Waals surface area (Å²) in [7, 11) is 0. The number of nitrogens with one attached hydrogen (secondary N) is 1. The third-order valence-corrected chi connectivity index (χ3v) is 3.48. The predicted molar refractivity (Wildman–Crippen MR) is 58.4 cm³/mol. The van der Waals surface area contributed by atoms with Crippen molar-refractivity contribution < 1.29 is 4.74 Å². The Bertz CT molecular complexity index is 185. The SMILES string of the molecule is CC(C)CC1CNCC2(CCCC2)O1. The van der Waals surface area contributed by atoms with Gasteiger partial charge in [-0.15, -0.1) is 0 Å². The Balaban J connectivity index is 1.90. The van der Waals surface area contributed by atoms with Crippen LogP contribution >= 0.6 is 0 Å². The first-order valence-electron chi connectivity index (χ1n) is 6.09. The summed E-state index contributed by atoms with van der Waals surface area (Å²) >= 11 is 0. The zero-order chi connectivity index (χ0) is 10.0. The van der Waals surface area contributed by atoms with Gasteiger partial charge in [-0.3, -0.25) is 0 Å². The van der Waals surface area contributed by atoms with Crippen LogP contribution in [0, 0.1) is 5.92 Å². The highest BCUT2D eigenvalue weighted by atomic mass is 16.5. The molecule has 82 valence electrons. The van der Waals surface area contributed by atoms with E-state index in [0.29, 0.717) is 6.10 Å². The first-order valence-corrected chi connectivity index (χ1v) is 6.09. The van der Waals surface area contributed by atoms with E-state index in [-0.39, 0.29) is 5.60 Å². The zero-order valence-electron chi connectivity index (χ0n) is 9.51. The minimum absolute atomic E-state index is 0.220. The molecule has 2 aliphatic rings. The topological polar surface area (TPSA) is 21.3 Å². The number of ether oxygens (including phenoxy) is 1. The van der Waals surface area contributed by atoms with E-state index in [0.717, 1.165) is 19.0 Å². The molecule has 2 rings (SSSR count). The molecule has 2 nitrogen and oxygen atoms in total. The fourth-order valence-corrected chi connectivity index (χ4v) is 2.87. The van der Waals surface area contributed by atoms with Gasteiger partial charge in [0.15, 0.2) is 0 Å². The first-order chi connectivity index (χ1) is 6.70. The van der Waals surface area contributed by atoms with Crippen molar-refractivity contribution in [2.24, 2.45) is 5.92 Å². The van der Waals surface area contributed by atoms with Crippen molar-refractivity contribution in [3.63, 3.8) is 0 Å². The molecular formula is C12H23NO. The smallest absolute Gasteiger partial charge is 0.0810 e. The fraction of sp³-hybridized carbons (Fsp3) is 1.00. The highest BCUT2D eigenvalue weighted by Crippen LogP contribution is 2.36. The Kier molecular flexibility index (Phi) is 3.13. The van der Waals surface area contributed by atoms with Gasteiger partial charge in [-0.2, -0.15) is 0 Å². The predicted octanol–water partition coefficient (Wildman–Crippen LogP) is 2.33. The molecule has 1 spiro atoms. The van der Waals surface area contributed by atoms with Crippen LogP contribution in [0.3, 0.4) is 0 Å². The Morgan fingerprint density at radius 1 is 1.36 bits per heavy atom. The van der Waals surface area contributed by atoms with Crippen LogP contribution in [0.1, 0.15) is 46.0 Å². The standard InChI is InChI=1S/C12H23NO/c1-10(2)7-11-8-13-9-12(14-11)5-3-4-6-12/h10-11,13H,3-9H2,1-2H3. The minimum atomic E-state index is 0.220.